The van der Waals surface area contributed by atoms with Crippen molar-refractivity contribution in [2.45, 2.75) is 37.5 Å². The van der Waals surface area contributed by atoms with Crippen molar-refractivity contribution in [3.05, 3.63) is 28.8 Å². The van der Waals surface area contributed by atoms with Gasteiger partial charge in [-0.3, -0.25) is 9.63 Å². The molecule has 1 aliphatic rings. The van der Waals surface area contributed by atoms with Crippen LogP contribution in [0.2, 0.25) is 5.02 Å². The number of halogens is 1. The number of carbonyl (C=O) groups is 1. The molecule has 1 aromatic rings. The van der Waals surface area contributed by atoms with Crippen LogP contribution in [0.1, 0.15) is 43.0 Å². The topological polar surface area (TPSA) is 75.7 Å². The second-order valence-electron chi connectivity index (χ2n) is 5.33. The van der Waals surface area contributed by atoms with E-state index in [-0.39, 0.29) is 15.5 Å². The van der Waals surface area contributed by atoms with Crippen molar-refractivity contribution in [1.82, 2.24) is 9.79 Å². The minimum absolute atomic E-state index is 0.0368. The summed E-state index contributed by atoms with van der Waals surface area (Å²) in [6.45, 7) is 3.01. The molecular weight excluding hydrogens is 340 g/mol. The first-order valence-electron chi connectivity index (χ1n) is 7.68. The van der Waals surface area contributed by atoms with Gasteiger partial charge in [0.15, 0.2) is 0 Å². The number of carbonyl (C=O) groups excluding carboxylic acids is 1. The third kappa shape index (κ3) is 4.44. The standard InChI is InChI=1S/C15H21ClN2O4S/c1-2-22-17-15(19)12-7-8-13(16)14(11-12)23(20,21)18-9-5-3-4-6-10-18/h7-8,11H,2-6,9-10H2,1H3,(H,17,19). The molecule has 0 unspecified atom stereocenters. The third-order valence-corrected chi connectivity index (χ3v) is 6.07. The molecule has 1 heterocycles. The van der Waals surface area contributed by atoms with Crippen LogP contribution in [0.4, 0.5) is 0 Å². The average Bonchev–Trinajstić information content (AvgIpc) is 2.82. The maximum absolute atomic E-state index is 12.8. The highest BCUT2D eigenvalue weighted by Crippen LogP contribution is 2.27. The number of hydroxylamine groups is 1. The quantitative estimate of drug-likeness (QED) is 0.819. The van der Waals surface area contributed by atoms with Crippen LogP contribution in [0.15, 0.2) is 23.1 Å². The van der Waals surface area contributed by atoms with E-state index >= 15 is 0 Å². The molecule has 8 heteroatoms. The number of nitrogens with one attached hydrogen (secondary N) is 1. The summed E-state index contributed by atoms with van der Waals surface area (Å²) in [7, 11) is -3.71. The first-order chi connectivity index (χ1) is 11.0. The van der Waals surface area contributed by atoms with E-state index in [1.807, 2.05) is 0 Å². The highest BCUT2D eigenvalue weighted by Gasteiger charge is 2.28. The maximum atomic E-state index is 12.8. The molecule has 2 rings (SSSR count). The van der Waals surface area contributed by atoms with E-state index in [0.29, 0.717) is 19.7 Å². The zero-order valence-electron chi connectivity index (χ0n) is 13.0. The Hall–Kier alpha value is -1.15. The number of hydrogen-bond acceptors (Lipinski definition) is 4. The van der Waals surface area contributed by atoms with Gasteiger partial charge in [-0.1, -0.05) is 24.4 Å². The molecule has 1 aromatic carbocycles. The normalized spacial score (nSPS) is 16.8. The Morgan fingerprint density at radius 3 is 2.52 bits per heavy atom. The maximum Gasteiger partial charge on any atom is 0.274 e. The summed E-state index contributed by atoms with van der Waals surface area (Å²) in [6, 6.07) is 4.20. The van der Waals surface area contributed by atoms with Gasteiger partial charge in [-0.2, -0.15) is 4.31 Å². The first-order valence-corrected chi connectivity index (χ1v) is 9.50. The van der Waals surface area contributed by atoms with Crippen LogP contribution >= 0.6 is 11.6 Å². The van der Waals surface area contributed by atoms with Crippen LogP contribution in [0.3, 0.4) is 0 Å². The molecule has 0 radical (unpaired) electrons. The summed E-state index contributed by atoms with van der Waals surface area (Å²) in [4.78, 5) is 16.7. The molecule has 1 amide bonds. The van der Waals surface area contributed by atoms with Gasteiger partial charge in [-0.05, 0) is 38.0 Å². The van der Waals surface area contributed by atoms with E-state index in [4.69, 9.17) is 16.4 Å². The van der Waals surface area contributed by atoms with Gasteiger partial charge in [0.25, 0.3) is 5.91 Å². The fourth-order valence-corrected chi connectivity index (χ4v) is 4.48. The second-order valence-corrected chi connectivity index (χ2v) is 7.64. The minimum atomic E-state index is -3.71. The first kappa shape index (κ1) is 18.2. The molecule has 1 aliphatic heterocycles. The monoisotopic (exact) mass is 360 g/mol. The van der Waals surface area contributed by atoms with Crippen molar-refractivity contribution < 1.29 is 18.0 Å². The van der Waals surface area contributed by atoms with Gasteiger partial charge in [-0.15, -0.1) is 0 Å². The lowest BCUT2D eigenvalue weighted by atomic mass is 10.2. The molecule has 1 N–H and O–H groups in total. The van der Waals surface area contributed by atoms with Gasteiger partial charge in [0.05, 0.1) is 11.6 Å². The predicted octanol–water partition coefficient (Wildman–Crippen LogP) is 2.59. The smallest absolute Gasteiger partial charge is 0.274 e. The van der Waals surface area contributed by atoms with Gasteiger partial charge in [-0.25, -0.2) is 13.9 Å². The molecule has 1 saturated heterocycles. The van der Waals surface area contributed by atoms with Gasteiger partial charge in [0.2, 0.25) is 10.0 Å². The van der Waals surface area contributed by atoms with Crippen molar-refractivity contribution in [3.63, 3.8) is 0 Å². The molecular formula is C15H21ClN2O4S. The Labute approximate surface area is 141 Å². The van der Waals surface area contributed by atoms with E-state index in [1.54, 1.807) is 6.92 Å². The van der Waals surface area contributed by atoms with E-state index in [0.717, 1.165) is 25.7 Å². The summed E-state index contributed by atoms with van der Waals surface area (Å²) in [5.41, 5.74) is 2.44. The molecule has 23 heavy (non-hydrogen) atoms. The van der Waals surface area contributed by atoms with E-state index in [9.17, 15) is 13.2 Å². The lowest BCUT2D eigenvalue weighted by Gasteiger charge is -2.21. The fourth-order valence-electron chi connectivity index (χ4n) is 2.46. The fraction of sp³-hybridized carbons (Fsp3) is 0.533. The van der Waals surface area contributed by atoms with Crippen molar-refractivity contribution in [2.75, 3.05) is 19.7 Å². The summed E-state index contributed by atoms with van der Waals surface area (Å²) in [5.74, 6) is -0.504. The third-order valence-electron chi connectivity index (χ3n) is 3.69. The number of hydrogen-bond donors (Lipinski definition) is 1. The Balaban J connectivity index is 2.31. The highest BCUT2D eigenvalue weighted by atomic mass is 35.5. The van der Waals surface area contributed by atoms with Crippen LogP contribution in [-0.4, -0.2) is 38.3 Å². The molecule has 0 aliphatic carbocycles. The lowest BCUT2D eigenvalue weighted by molar-refractivity contribution is 0.0364. The van der Waals surface area contributed by atoms with Crippen LogP contribution in [0.5, 0.6) is 0 Å². The average molecular weight is 361 g/mol. The Morgan fingerprint density at radius 2 is 1.91 bits per heavy atom. The number of nitrogens with zero attached hydrogens (tertiary/aromatic N) is 1. The van der Waals surface area contributed by atoms with Crippen LogP contribution in [-0.2, 0) is 14.9 Å². The molecule has 128 valence electrons. The molecule has 0 aromatic heterocycles. The summed E-state index contributed by atoms with van der Waals surface area (Å²) >= 11 is 6.08. The summed E-state index contributed by atoms with van der Waals surface area (Å²) < 4.78 is 27.1. The van der Waals surface area contributed by atoms with Gasteiger partial charge < -0.3 is 0 Å². The van der Waals surface area contributed by atoms with Crippen LogP contribution in [0, 0.1) is 0 Å². The van der Waals surface area contributed by atoms with Crippen molar-refractivity contribution in [3.8, 4) is 0 Å². The van der Waals surface area contributed by atoms with Gasteiger partial charge >= 0.3 is 0 Å². The molecule has 0 atom stereocenters. The number of amides is 1. The zero-order valence-corrected chi connectivity index (χ0v) is 14.6. The van der Waals surface area contributed by atoms with Crippen LogP contribution in [0.25, 0.3) is 0 Å². The number of benzene rings is 1. The SMILES string of the molecule is CCONC(=O)c1ccc(Cl)c(S(=O)(=O)N2CCCCCC2)c1. The Bertz CT molecular complexity index is 655. The lowest BCUT2D eigenvalue weighted by Crippen LogP contribution is -2.32. The molecule has 6 nitrogen and oxygen atoms in total. The summed E-state index contributed by atoms with van der Waals surface area (Å²) in [5, 5.41) is 0.113. The molecule has 0 spiro atoms. The van der Waals surface area contributed by atoms with E-state index in [1.165, 1.54) is 22.5 Å². The van der Waals surface area contributed by atoms with Gasteiger partial charge in [0, 0.05) is 18.7 Å². The van der Waals surface area contributed by atoms with Crippen LogP contribution < -0.4 is 5.48 Å². The number of sulfonamides is 1. The molecule has 0 bridgehead atoms. The van der Waals surface area contributed by atoms with E-state index in [2.05, 4.69) is 5.48 Å². The predicted molar refractivity (Wildman–Crippen MR) is 87.8 cm³/mol. The van der Waals surface area contributed by atoms with Crippen molar-refractivity contribution >= 4 is 27.5 Å². The molecule has 1 fully saturated rings. The Kier molecular flexibility index (Phi) is 6.41. The largest absolute Gasteiger partial charge is 0.274 e. The second kappa shape index (κ2) is 8.10. The summed E-state index contributed by atoms with van der Waals surface area (Å²) in [6.07, 6.45) is 3.72. The van der Waals surface area contributed by atoms with Crippen molar-refractivity contribution in [1.29, 1.82) is 0 Å². The molecule has 0 saturated carbocycles. The Morgan fingerprint density at radius 1 is 1.26 bits per heavy atom. The zero-order chi connectivity index (χ0) is 16.9. The highest BCUT2D eigenvalue weighted by molar-refractivity contribution is 7.89. The number of rotatable bonds is 5. The minimum Gasteiger partial charge on any atom is -0.274 e. The van der Waals surface area contributed by atoms with Gasteiger partial charge in [0.1, 0.15) is 4.90 Å². The van der Waals surface area contributed by atoms with E-state index < -0.39 is 15.9 Å². The van der Waals surface area contributed by atoms with Crippen molar-refractivity contribution in [2.24, 2.45) is 0 Å².